The first kappa shape index (κ1) is 48.3. The number of ether oxygens (including phenoxy) is 2. The highest BCUT2D eigenvalue weighted by molar-refractivity contribution is 6.00. The third kappa shape index (κ3) is 12.4. The van der Waals surface area contributed by atoms with Crippen LogP contribution in [0.4, 0.5) is 16.4 Å². The molecule has 0 bridgehead atoms. The quantitative estimate of drug-likeness (QED) is 0.0473. The average Bonchev–Trinajstić information content (AvgIpc) is 3.64. The molecule has 1 aliphatic heterocycles. The van der Waals surface area contributed by atoms with Crippen LogP contribution in [0.1, 0.15) is 95.5 Å². The highest BCUT2D eigenvalue weighted by atomic mass is 16.6. The summed E-state index contributed by atoms with van der Waals surface area (Å²) in [5, 5.41) is 36.8. The second-order valence-corrected chi connectivity index (χ2v) is 19.0. The van der Waals surface area contributed by atoms with Crippen molar-refractivity contribution in [2.75, 3.05) is 44.7 Å². The molecule has 1 saturated heterocycles. The molecule has 2 aliphatic carbocycles. The number of nitro groups is 1. The van der Waals surface area contributed by atoms with Gasteiger partial charge in [0.15, 0.2) is 0 Å². The average molecular weight is 924 g/mol. The number of alkyl carbamates (subject to hydrolysis) is 1. The largest absolute Gasteiger partial charge is 0.444 e. The number of carbonyl (C=O) groups excluding carboxylic acids is 4. The number of nitrogens with zero attached hydrogens (tertiary/aromatic N) is 8. The van der Waals surface area contributed by atoms with Gasteiger partial charge in [-0.25, -0.2) is 19.3 Å². The molecule has 3 aliphatic rings. The van der Waals surface area contributed by atoms with Gasteiger partial charge >= 0.3 is 12.0 Å². The normalized spacial score (nSPS) is 20.6. The van der Waals surface area contributed by atoms with Crippen molar-refractivity contribution < 1.29 is 33.6 Å². The van der Waals surface area contributed by atoms with Crippen LogP contribution in [-0.2, 0) is 25.6 Å². The number of amides is 4. The van der Waals surface area contributed by atoms with Crippen molar-refractivity contribution in [2.45, 2.75) is 115 Å². The van der Waals surface area contributed by atoms with E-state index < -0.39 is 28.2 Å². The molecule has 21 nitrogen and oxygen atoms in total. The lowest BCUT2D eigenvalue weighted by atomic mass is 9.85. The standard InChI is InChI=1S/C46H61N13O8/c1-29(2)52-37-22-38(58-16-12-32-21-30(24-47)25-51-39(32)58)50-26-35(37)41(61)53-34-10-8-31(9-11-34)40(60)48-14-19-66-20-18-56-27-33-23-46(33,28-56)55-42(62)36(54-44(63)67-45(3,4)5)7-6-15-57-17-13-49-43(57)59(64)65/h12-13,16-17,21-22,25-26,29,31,33-34,36H,6-11,14-15,18-20,23,27-28H2,1-5H3,(H,48,60)(H,50,52)(H,53,61)(H,54,63)(H,55,62)/t31?,33-,34?,36-,46-/m0/s1. The van der Waals surface area contributed by atoms with E-state index in [1.165, 1.54) is 23.2 Å². The smallest absolute Gasteiger partial charge is 0.434 e. The Morgan fingerprint density at radius 2 is 1.84 bits per heavy atom. The van der Waals surface area contributed by atoms with E-state index >= 15 is 0 Å². The Bertz CT molecular complexity index is 2480. The Morgan fingerprint density at radius 3 is 2.57 bits per heavy atom. The molecule has 3 atom stereocenters. The maximum atomic E-state index is 13.6. The van der Waals surface area contributed by atoms with Gasteiger partial charge in [0.1, 0.15) is 41.6 Å². The molecule has 5 heterocycles. The summed E-state index contributed by atoms with van der Waals surface area (Å²) < 4.78 is 14.5. The van der Waals surface area contributed by atoms with Crippen molar-refractivity contribution in [1.82, 2.24) is 50.3 Å². The number of pyridine rings is 2. The minimum absolute atomic E-state index is 0.0210. The van der Waals surface area contributed by atoms with Gasteiger partial charge in [0.25, 0.3) is 5.91 Å². The number of piperidine rings is 1. The van der Waals surface area contributed by atoms with Gasteiger partial charge in [-0.15, -0.1) is 0 Å². The topological polar surface area (TPSA) is 266 Å². The van der Waals surface area contributed by atoms with Crippen molar-refractivity contribution in [3.63, 3.8) is 0 Å². The number of hydrogen-bond donors (Lipinski definition) is 5. The van der Waals surface area contributed by atoms with Crippen molar-refractivity contribution in [3.05, 3.63) is 70.4 Å². The van der Waals surface area contributed by atoms with Gasteiger partial charge < -0.3 is 46.2 Å². The highest BCUT2D eigenvalue weighted by Crippen LogP contribution is 2.49. The Morgan fingerprint density at radius 1 is 1.04 bits per heavy atom. The Balaban J connectivity index is 0.801. The molecule has 2 saturated carbocycles. The highest BCUT2D eigenvalue weighted by Gasteiger charge is 2.61. The summed E-state index contributed by atoms with van der Waals surface area (Å²) in [6.45, 7) is 12.7. The molecule has 3 fully saturated rings. The van der Waals surface area contributed by atoms with E-state index in [0.717, 1.165) is 18.4 Å². The first-order valence-corrected chi connectivity index (χ1v) is 23.0. The number of rotatable bonds is 20. The van der Waals surface area contributed by atoms with Gasteiger partial charge in [0.05, 0.1) is 42.1 Å². The van der Waals surface area contributed by atoms with E-state index in [-0.39, 0.29) is 60.6 Å². The molecule has 0 unspecified atom stereocenters. The van der Waals surface area contributed by atoms with Crippen molar-refractivity contribution in [3.8, 4) is 11.9 Å². The van der Waals surface area contributed by atoms with Crippen LogP contribution in [0.2, 0.25) is 0 Å². The number of nitrogens with one attached hydrogen (secondary N) is 5. The number of nitriles is 1. The third-order valence-corrected chi connectivity index (χ3v) is 12.4. The summed E-state index contributed by atoms with van der Waals surface area (Å²) >= 11 is 0. The zero-order valence-corrected chi connectivity index (χ0v) is 38.7. The number of anilines is 1. The van der Waals surface area contributed by atoms with E-state index in [1.807, 2.05) is 36.7 Å². The zero-order chi connectivity index (χ0) is 47.9. The van der Waals surface area contributed by atoms with E-state index in [2.05, 4.69) is 52.5 Å². The summed E-state index contributed by atoms with van der Waals surface area (Å²) in [7, 11) is 0. The number of hydrogen-bond acceptors (Lipinski definition) is 14. The number of carbonyl (C=O) groups is 4. The molecule has 5 N–H and O–H groups in total. The molecule has 0 spiro atoms. The molecule has 0 radical (unpaired) electrons. The van der Waals surface area contributed by atoms with Gasteiger partial charge in [-0.3, -0.25) is 23.9 Å². The van der Waals surface area contributed by atoms with E-state index in [4.69, 9.17) is 9.47 Å². The maximum absolute atomic E-state index is 13.6. The molecule has 4 amide bonds. The molecule has 358 valence electrons. The molecule has 21 heteroatoms. The van der Waals surface area contributed by atoms with Crippen LogP contribution >= 0.6 is 0 Å². The molecular weight excluding hydrogens is 863 g/mol. The van der Waals surface area contributed by atoms with Crippen LogP contribution < -0.4 is 26.6 Å². The van der Waals surface area contributed by atoms with Gasteiger partial charge in [-0.05, 0) is 103 Å². The summed E-state index contributed by atoms with van der Waals surface area (Å²) in [5.74, 6) is -0.164. The summed E-state index contributed by atoms with van der Waals surface area (Å²) in [5.41, 5.74) is 1.03. The maximum Gasteiger partial charge on any atom is 0.434 e. The zero-order valence-electron chi connectivity index (χ0n) is 38.7. The second-order valence-electron chi connectivity index (χ2n) is 19.0. The minimum Gasteiger partial charge on any atom is -0.444 e. The van der Waals surface area contributed by atoms with Crippen LogP contribution in [0.5, 0.6) is 0 Å². The lowest BCUT2D eigenvalue weighted by molar-refractivity contribution is -0.396. The predicted molar refractivity (Wildman–Crippen MR) is 246 cm³/mol. The number of fused-ring (bicyclic) bond motifs is 2. The SMILES string of the molecule is CC(C)Nc1cc(-n2ccc3cc(C#N)cnc32)ncc1C(=O)NC1CCC(C(=O)NCCOCCN2C[C@@H]3C[C@]3(NC(=O)[C@H](CCCn3ccnc3[N+](=O)[O-])NC(=O)OC(C)(C)C)C2)CC1. The lowest BCUT2D eigenvalue weighted by Gasteiger charge is -2.28. The number of likely N-dealkylation sites (tertiary alicyclic amines) is 1. The summed E-state index contributed by atoms with van der Waals surface area (Å²) in [6, 6.07) is 6.65. The van der Waals surface area contributed by atoms with Crippen molar-refractivity contribution in [2.24, 2.45) is 11.8 Å². The van der Waals surface area contributed by atoms with Crippen LogP contribution in [0.15, 0.2) is 49.2 Å². The van der Waals surface area contributed by atoms with Gasteiger partial charge in [-0.2, -0.15) is 5.26 Å². The van der Waals surface area contributed by atoms with Crippen LogP contribution in [0.25, 0.3) is 16.9 Å². The van der Waals surface area contributed by atoms with Crippen LogP contribution in [0.3, 0.4) is 0 Å². The first-order chi connectivity index (χ1) is 32.0. The number of imidazole rings is 1. The number of aryl methyl sites for hydroxylation is 1. The fraction of sp³-hybridized carbons (Fsp3) is 0.565. The molecule has 0 aromatic carbocycles. The monoisotopic (exact) mass is 923 g/mol. The van der Waals surface area contributed by atoms with Crippen LogP contribution in [-0.4, -0.2) is 126 Å². The molecular formula is C46H61N13O8. The Labute approximate surface area is 388 Å². The molecule has 67 heavy (non-hydrogen) atoms. The predicted octanol–water partition coefficient (Wildman–Crippen LogP) is 4.20. The van der Waals surface area contributed by atoms with Gasteiger partial charge in [0, 0.05) is 74.2 Å². The van der Waals surface area contributed by atoms with E-state index in [1.54, 1.807) is 33.0 Å². The molecule has 4 aromatic rings. The molecule has 7 rings (SSSR count). The second kappa shape index (κ2) is 20.9. The van der Waals surface area contributed by atoms with Crippen LogP contribution in [0, 0.1) is 33.3 Å². The third-order valence-electron chi connectivity index (χ3n) is 12.4. The van der Waals surface area contributed by atoms with Gasteiger partial charge in [0.2, 0.25) is 11.8 Å². The van der Waals surface area contributed by atoms with E-state index in [0.29, 0.717) is 93.2 Å². The summed E-state index contributed by atoms with van der Waals surface area (Å²) in [6.07, 6.45) is 11.1. The van der Waals surface area contributed by atoms with Crippen molar-refractivity contribution in [1.29, 1.82) is 5.26 Å². The Kier molecular flexibility index (Phi) is 15.0. The summed E-state index contributed by atoms with van der Waals surface area (Å²) in [4.78, 5) is 78.8. The first-order valence-electron chi connectivity index (χ1n) is 23.0. The Hall–Kier alpha value is -6.66. The minimum atomic E-state index is -0.899. The fourth-order valence-corrected chi connectivity index (χ4v) is 9.02. The fourth-order valence-electron chi connectivity index (χ4n) is 9.02. The lowest BCUT2D eigenvalue weighted by Crippen LogP contribution is -2.53. The van der Waals surface area contributed by atoms with E-state index in [9.17, 15) is 34.6 Å². The van der Waals surface area contributed by atoms with Crippen molar-refractivity contribution >= 4 is 46.5 Å². The molecule has 4 aromatic heterocycles. The van der Waals surface area contributed by atoms with Gasteiger partial charge in [-0.1, -0.05) is 4.98 Å². The number of aromatic nitrogens is 5.